The van der Waals surface area contributed by atoms with E-state index in [4.69, 9.17) is 9.47 Å². The average molecular weight is 395 g/mol. The number of hydrogen-bond donors (Lipinski definition) is 0. The Kier molecular flexibility index (Phi) is 4.71. The molecule has 1 aliphatic carbocycles. The van der Waals surface area contributed by atoms with Gasteiger partial charge in [0.15, 0.2) is 0 Å². The molecule has 1 atom stereocenters. The van der Waals surface area contributed by atoms with Crippen molar-refractivity contribution < 1.29 is 14.3 Å². The van der Waals surface area contributed by atoms with E-state index in [0.29, 0.717) is 26.3 Å². The summed E-state index contributed by atoms with van der Waals surface area (Å²) in [5.74, 6) is 0. The second-order valence-corrected chi connectivity index (χ2v) is 7.78. The van der Waals surface area contributed by atoms with Crippen molar-refractivity contribution in [2.75, 3.05) is 44.3 Å². The number of aromatic nitrogens is 3. The first-order valence-electron chi connectivity index (χ1n) is 10.1. The van der Waals surface area contributed by atoms with Crippen molar-refractivity contribution in [2.24, 2.45) is 7.05 Å². The second kappa shape index (κ2) is 7.51. The van der Waals surface area contributed by atoms with E-state index in [0.717, 1.165) is 37.2 Å². The Morgan fingerprint density at radius 2 is 2.14 bits per heavy atom. The maximum Gasteiger partial charge on any atom is 0.410 e. The molecule has 0 radical (unpaired) electrons. The number of pyridine rings is 1. The third kappa shape index (κ3) is 3.60. The van der Waals surface area contributed by atoms with Gasteiger partial charge in [-0.05, 0) is 17.7 Å². The van der Waals surface area contributed by atoms with Gasteiger partial charge in [-0.15, -0.1) is 0 Å². The summed E-state index contributed by atoms with van der Waals surface area (Å²) in [6.07, 6.45) is 9.35. The molecule has 29 heavy (non-hydrogen) atoms. The summed E-state index contributed by atoms with van der Waals surface area (Å²) in [4.78, 5) is 21.1. The average Bonchev–Trinajstić information content (AvgIpc) is 3.48. The summed E-state index contributed by atoms with van der Waals surface area (Å²) in [6, 6.07) is 2.07. The van der Waals surface area contributed by atoms with Crippen LogP contribution in [-0.2, 0) is 22.9 Å². The van der Waals surface area contributed by atoms with Gasteiger partial charge in [0.1, 0.15) is 6.10 Å². The molecule has 0 N–H and O–H groups in total. The van der Waals surface area contributed by atoms with E-state index in [-0.39, 0.29) is 12.2 Å². The Balaban J connectivity index is 1.27. The predicted molar refractivity (Wildman–Crippen MR) is 109 cm³/mol. The lowest BCUT2D eigenvalue weighted by molar-refractivity contribution is 0.0534. The molecule has 4 heterocycles. The van der Waals surface area contributed by atoms with Crippen LogP contribution in [0.4, 0.5) is 10.5 Å². The lowest BCUT2D eigenvalue weighted by atomic mass is 10.1. The van der Waals surface area contributed by atoms with E-state index in [1.54, 1.807) is 4.90 Å². The highest BCUT2D eigenvalue weighted by Crippen LogP contribution is 2.36. The van der Waals surface area contributed by atoms with E-state index in [2.05, 4.69) is 27.1 Å². The van der Waals surface area contributed by atoms with Gasteiger partial charge in [0.25, 0.3) is 0 Å². The number of rotatable bonds is 3. The number of amides is 1. The summed E-state index contributed by atoms with van der Waals surface area (Å²) in [6.45, 7) is 4.06. The second-order valence-electron chi connectivity index (χ2n) is 7.78. The van der Waals surface area contributed by atoms with E-state index >= 15 is 0 Å². The summed E-state index contributed by atoms with van der Waals surface area (Å²) in [5.41, 5.74) is 5.86. The maximum absolute atomic E-state index is 12.4. The van der Waals surface area contributed by atoms with Crippen molar-refractivity contribution in [2.45, 2.75) is 18.9 Å². The SMILES string of the molecule is Cn1cc(C2=Cc3c(N4CCN(C(=O)O[C@H]5CCOC5)CC4)ccnc3C2)cn1. The van der Waals surface area contributed by atoms with Crippen LogP contribution in [0.1, 0.15) is 23.2 Å². The quantitative estimate of drug-likeness (QED) is 0.791. The fraction of sp³-hybridized carbons (Fsp3) is 0.476. The Morgan fingerprint density at radius 3 is 2.86 bits per heavy atom. The summed E-state index contributed by atoms with van der Waals surface area (Å²) in [5, 5.41) is 4.29. The molecule has 0 saturated carbocycles. The number of carbonyl (C=O) groups excluding carboxylic acids is 1. The van der Waals surface area contributed by atoms with Crippen molar-refractivity contribution in [3.05, 3.63) is 41.5 Å². The van der Waals surface area contributed by atoms with Crippen LogP contribution in [0.3, 0.4) is 0 Å². The molecule has 0 aromatic carbocycles. The lowest BCUT2D eigenvalue weighted by Gasteiger charge is -2.36. The first kappa shape index (κ1) is 18.2. The summed E-state index contributed by atoms with van der Waals surface area (Å²) < 4.78 is 12.7. The standard InChI is InChI=1S/C21H25N5O3/c1-24-13-16(12-23-24)15-10-18-19(11-15)22-4-2-20(18)25-5-7-26(8-6-25)21(27)29-17-3-9-28-14-17/h2,4,10,12-13,17H,3,5-9,11,14H2,1H3/t17-/m0/s1. The van der Waals surface area contributed by atoms with Crippen molar-refractivity contribution in [1.82, 2.24) is 19.7 Å². The Bertz CT molecular complexity index is 940. The van der Waals surface area contributed by atoms with Gasteiger partial charge >= 0.3 is 6.09 Å². The van der Waals surface area contributed by atoms with Gasteiger partial charge in [0.05, 0.1) is 25.1 Å². The van der Waals surface area contributed by atoms with Crippen LogP contribution in [0, 0.1) is 0 Å². The van der Waals surface area contributed by atoms with Crippen LogP contribution in [0.25, 0.3) is 11.6 Å². The highest BCUT2D eigenvalue weighted by molar-refractivity contribution is 5.91. The van der Waals surface area contributed by atoms with Gasteiger partial charge in [-0.3, -0.25) is 9.67 Å². The number of nitrogens with zero attached hydrogens (tertiary/aromatic N) is 5. The van der Waals surface area contributed by atoms with Crippen LogP contribution < -0.4 is 4.90 Å². The molecule has 8 nitrogen and oxygen atoms in total. The molecular weight excluding hydrogens is 370 g/mol. The van der Waals surface area contributed by atoms with Gasteiger partial charge in [-0.1, -0.05) is 0 Å². The molecular formula is C21H25N5O3. The number of piperazine rings is 1. The summed E-state index contributed by atoms with van der Waals surface area (Å²) in [7, 11) is 1.93. The number of carbonyl (C=O) groups is 1. The van der Waals surface area contributed by atoms with E-state index < -0.39 is 0 Å². The molecule has 3 aliphatic rings. The van der Waals surface area contributed by atoms with Crippen molar-refractivity contribution in [3.8, 4) is 0 Å². The number of fused-ring (bicyclic) bond motifs is 1. The molecule has 0 unspecified atom stereocenters. The molecule has 1 amide bonds. The summed E-state index contributed by atoms with van der Waals surface area (Å²) >= 11 is 0. The van der Waals surface area contributed by atoms with Crippen LogP contribution in [0.2, 0.25) is 0 Å². The number of aryl methyl sites for hydroxylation is 1. The predicted octanol–water partition coefficient (Wildman–Crippen LogP) is 1.96. The van der Waals surface area contributed by atoms with Gasteiger partial charge in [0.2, 0.25) is 0 Å². The third-order valence-corrected chi connectivity index (χ3v) is 5.84. The molecule has 152 valence electrons. The fourth-order valence-corrected chi connectivity index (χ4v) is 4.21. The zero-order chi connectivity index (χ0) is 19.8. The molecule has 2 aromatic heterocycles. The lowest BCUT2D eigenvalue weighted by Crippen LogP contribution is -2.49. The van der Waals surface area contributed by atoms with Crippen molar-refractivity contribution in [3.63, 3.8) is 0 Å². The molecule has 0 spiro atoms. The molecule has 8 heteroatoms. The highest BCUT2D eigenvalue weighted by Gasteiger charge is 2.28. The zero-order valence-electron chi connectivity index (χ0n) is 16.6. The minimum atomic E-state index is -0.223. The normalized spacial score (nSPS) is 21.3. The van der Waals surface area contributed by atoms with Crippen molar-refractivity contribution in [1.29, 1.82) is 0 Å². The Morgan fingerprint density at radius 1 is 1.28 bits per heavy atom. The molecule has 2 aliphatic heterocycles. The van der Waals surface area contributed by atoms with Gasteiger partial charge in [-0.2, -0.15) is 5.10 Å². The van der Waals surface area contributed by atoms with Crippen LogP contribution in [0.15, 0.2) is 24.7 Å². The largest absolute Gasteiger partial charge is 0.444 e. The number of ether oxygens (including phenoxy) is 2. The van der Waals surface area contributed by atoms with Crippen LogP contribution in [-0.4, -0.2) is 71.3 Å². The highest BCUT2D eigenvalue weighted by atomic mass is 16.6. The third-order valence-electron chi connectivity index (χ3n) is 5.84. The van der Waals surface area contributed by atoms with Crippen LogP contribution in [0.5, 0.6) is 0 Å². The maximum atomic E-state index is 12.4. The Hall–Kier alpha value is -2.87. The minimum Gasteiger partial charge on any atom is -0.444 e. The van der Waals surface area contributed by atoms with E-state index in [1.807, 2.05) is 30.3 Å². The van der Waals surface area contributed by atoms with Crippen LogP contribution >= 0.6 is 0 Å². The number of hydrogen-bond acceptors (Lipinski definition) is 6. The van der Waals surface area contributed by atoms with Gasteiger partial charge in [-0.25, -0.2) is 4.79 Å². The van der Waals surface area contributed by atoms with Gasteiger partial charge in [0, 0.05) is 75.3 Å². The minimum absolute atomic E-state index is 0.0972. The number of allylic oxidation sites excluding steroid dienone is 1. The monoisotopic (exact) mass is 395 g/mol. The molecule has 2 aromatic rings. The Labute approximate surface area is 169 Å². The number of anilines is 1. The smallest absolute Gasteiger partial charge is 0.410 e. The van der Waals surface area contributed by atoms with Crippen molar-refractivity contribution >= 4 is 23.4 Å². The fourth-order valence-electron chi connectivity index (χ4n) is 4.21. The molecule has 2 saturated heterocycles. The molecule has 0 bridgehead atoms. The zero-order valence-corrected chi connectivity index (χ0v) is 16.6. The van der Waals surface area contributed by atoms with Gasteiger partial charge < -0.3 is 19.3 Å². The molecule has 5 rings (SSSR count). The molecule has 2 fully saturated rings. The first-order valence-corrected chi connectivity index (χ1v) is 10.1. The topological polar surface area (TPSA) is 72.7 Å². The van der Waals surface area contributed by atoms with E-state index in [1.165, 1.54) is 16.8 Å². The first-order chi connectivity index (χ1) is 14.2. The van der Waals surface area contributed by atoms with E-state index in [9.17, 15) is 4.79 Å².